The first-order valence-electron chi connectivity index (χ1n) is 6.78. The van der Waals surface area contributed by atoms with E-state index in [0.29, 0.717) is 16.6 Å². The van der Waals surface area contributed by atoms with Crippen molar-refractivity contribution in [1.82, 2.24) is 0 Å². The minimum Gasteiger partial charge on any atom is -0.480 e. The molecular weight excluding hydrogens is 278 g/mol. The zero-order valence-corrected chi connectivity index (χ0v) is 12.1. The Morgan fingerprint density at radius 2 is 1.95 bits per heavy atom. The van der Waals surface area contributed by atoms with Crippen LogP contribution in [0.1, 0.15) is 26.2 Å². The summed E-state index contributed by atoms with van der Waals surface area (Å²) in [6, 6.07) is 6.69. The van der Waals surface area contributed by atoms with Gasteiger partial charge in [-0.1, -0.05) is 24.9 Å². The predicted octanol–water partition coefficient (Wildman–Crippen LogP) is 3.19. The first kappa shape index (κ1) is 14.9. The van der Waals surface area contributed by atoms with Crippen molar-refractivity contribution in [2.75, 3.05) is 11.4 Å². The van der Waals surface area contributed by atoms with Gasteiger partial charge in [0.25, 0.3) is 0 Å². The van der Waals surface area contributed by atoms with E-state index in [-0.39, 0.29) is 18.4 Å². The summed E-state index contributed by atoms with van der Waals surface area (Å²) in [6.45, 7) is 1.74. The van der Waals surface area contributed by atoms with Gasteiger partial charge in [0.1, 0.15) is 6.54 Å². The van der Waals surface area contributed by atoms with Crippen molar-refractivity contribution >= 4 is 29.2 Å². The number of nitrogens with zero attached hydrogens (tertiary/aromatic N) is 1. The number of carbonyl (C=O) groups is 2. The normalized spacial score (nSPS) is 21.7. The van der Waals surface area contributed by atoms with Gasteiger partial charge in [0.05, 0.1) is 0 Å². The molecule has 0 heterocycles. The van der Waals surface area contributed by atoms with Crippen LogP contribution >= 0.6 is 11.6 Å². The van der Waals surface area contributed by atoms with Crippen LogP contribution in [-0.4, -0.2) is 23.5 Å². The SMILES string of the molecule is CC1CCCC1C(=O)N(CC(=O)O)c1ccc(Cl)cc1. The molecule has 2 unspecified atom stereocenters. The van der Waals surface area contributed by atoms with E-state index in [1.54, 1.807) is 24.3 Å². The molecule has 0 aromatic heterocycles. The van der Waals surface area contributed by atoms with Gasteiger partial charge in [0.15, 0.2) is 0 Å². The van der Waals surface area contributed by atoms with Crippen LogP contribution in [0.15, 0.2) is 24.3 Å². The average Bonchev–Trinajstić information content (AvgIpc) is 2.82. The second-order valence-electron chi connectivity index (χ2n) is 5.31. The largest absolute Gasteiger partial charge is 0.480 e. The van der Waals surface area contributed by atoms with Crippen LogP contribution in [0.5, 0.6) is 0 Å². The number of rotatable bonds is 4. The van der Waals surface area contributed by atoms with Crippen molar-refractivity contribution in [3.05, 3.63) is 29.3 Å². The van der Waals surface area contributed by atoms with Crippen molar-refractivity contribution < 1.29 is 14.7 Å². The highest BCUT2D eigenvalue weighted by Gasteiger charge is 2.34. The molecule has 108 valence electrons. The highest BCUT2D eigenvalue weighted by atomic mass is 35.5. The Labute approximate surface area is 123 Å². The summed E-state index contributed by atoms with van der Waals surface area (Å²) in [5.74, 6) is -0.880. The zero-order chi connectivity index (χ0) is 14.7. The van der Waals surface area contributed by atoms with Crippen LogP contribution in [0.25, 0.3) is 0 Å². The minimum absolute atomic E-state index is 0.0787. The lowest BCUT2D eigenvalue weighted by Crippen LogP contribution is -2.40. The van der Waals surface area contributed by atoms with Crippen molar-refractivity contribution in [2.24, 2.45) is 11.8 Å². The van der Waals surface area contributed by atoms with E-state index in [9.17, 15) is 9.59 Å². The monoisotopic (exact) mass is 295 g/mol. The van der Waals surface area contributed by atoms with Crippen molar-refractivity contribution in [1.29, 1.82) is 0 Å². The van der Waals surface area contributed by atoms with Crippen molar-refractivity contribution in [3.8, 4) is 0 Å². The molecule has 1 N–H and O–H groups in total. The second-order valence-corrected chi connectivity index (χ2v) is 5.75. The molecule has 0 radical (unpaired) electrons. The van der Waals surface area contributed by atoms with Gasteiger partial charge in [-0.25, -0.2) is 0 Å². The molecule has 5 heteroatoms. The van der Waals surface area contributed by atoms with Gasteiger partial charge in [-0.3, -0.25) is 9.59 Å². The zero-order valence-electron chi connectivity index (χ0n) is 11.4. The number of benzene rings is 1. The molecule has 0 bridgehead atoms. The van der Waals surface area contributed by atoms with Crippen LogP contribution in [0.2, 0.25) is 5.02 Å². The van der Waals surface area contributed by atoms with Gasteiger partial charge in [-0.2, -0.15) is 0 Å². The van der Waals surface area contributed by atoms with Crippen LogP contribution in [0.3, 0.4) is 0 Å². The Kier molecular flexibility index (Phi) is 4.65. The van der Waals surface area contributed by atoms with E-state index < -0.39 is 5.97 Å². The summed E-state index contributed by atoms with van der Waals surface area (Å²) < 4.78 is 0. The molecule has 1 fully saturated rings. The summed E-state index contributed by atoms with van der Waals surface area (Å²) in [7, 11) is 0. The van der Waals surface area contributed by atoms with Crippen LogP contribution in [0.4, 0.5) is 5.69 Å². The lowest BCUT2D eigenvalue weighted by molar-refractivity contribution is -0.137. The molecule has 1 saturated carbocycles. The van der Waals surface area contributed by atoms with Gasteiger partial charge in [-0.05, 0) is 43.0 Å². The number of amides is 1. The van der Waals surface area contributed by atoms with E-state index in [4.69, 9.17) is 16.7 Å². The van der Waals surface area contributed by atoms with Gasteiger partial charge in [0, 0.05) is 16.6 Å². The Morgan fingerprint density at radius 3 is 2.45 bits per heavy atom. The number of hydrogen-bond acceptors (Lipinski definition) is 2. The molecule has 0 spiro atoms. The Hall–Kier alpha value is -1.55. The van der Waals surface area contributed by atoms with Gasteiger partial charge in [0.2, 0.25) is 5.91 Å². The molecular formula is C15H18ClNO3. The fraction of sp³-hybridized carbons (Fsp3) is 0.467. The lowest BCUT2D eigenvalue weighted by atomic mass is 9.96. The predicted molar refractivity (Wildman–Crippen MR) is 77.9 cm³/mol. The summed E-state index contributed by atoms with van der Waals surface area (Å²) >= 11 is 5.83. The van der Waals surface area contributed by atoms with E-state index >= 15 is 0 Å². The van der Waals surface area contributed by atoms with Crippen LogP contribution < -0.4 is 4.90 Å². The Bertz CT molecular complexity index is 500. The fourth-order valence-electron chi connectivity index (χ4n) is 2.77. The molecule has 2 rings (SSSR count). The second kappa shape index (κ2) is 6.27. The number of carbonyl (C=O) groups excluding carboxylic acids is 1. The van der Waals surface area contributed by atoms with E-state index in [1.807, 2.05) is 0 Å². The molecule has 1 aromatic carbocycles. The standard InChI is InChI=1S/C15H18ClNO3/c1-10-3-2-4-13(10)15(20)17(9-14(18)19)12-7-5-11(16)6-8-12/h5-8,10,13H,2-4,9H2,1H3,(H,18,19). The molecule has 0 aliphatic heterocycles. The minimum atomic E-state index is -1.01. The van der Waals surface area contributed by atoms with Crippen molar-refractivity contribution in [3.63, 3.8) is 0 Å². The number of carboxylic acid groups (broad SMARTS) is 1. The first-order valence-corrected chi connectivity index (χ1v) is 7.15. The molecule has 1 amide bonds. The highest BCUT2D eigenvalue weighted by Crippen LogP contribution is 2.33. The van der Waals surface area contributed by atoms with Gasteiger partial charge < -0.3 is 10.0 Å². The van der Waals surface area contributed by atoms with E-state index in [1.165, 1.54) is 4.90 Å². The number of hydrogen-bond donors (Lipinski definition) is 1. The molecule has 1 aromatic rings. The number of aliphatic carboxylic acids is 1. The van der Waals surface area contributed by atoms with Crippen molar-refractivity contribution in [2.45, 2.75) is 26.2 Å². The summed E-state index contributed by atoms with van der Waals surface area (Å²) in [5.41, 5.74) is 0.584. The number of halogens is 1. The third-order valence-electron chi connectivity index (χ3n) is 3.88. The van der Waals surface area contributed by atoms with E-state index in [2.05, 4.69) is 6.92 Å². The maximum atomic E-state index is 12.6. The molecule has 1 aliphatic carbocycles. The lowest BCUT2D eigenvalue weighted by Gasteiger charge is -2.26. The average molecular weight is 296 g/mol. The smallest absolute Gasteiger partial charge is 0.323 e. The number of anilines is 1. The molecule has 1 aliphatic rings. The topological polar surface area (TPSA) is 57.6 Å². The van der Waals surface area contributed by atoms with Gasteiger partial charge >= 0.3 is 5.97 Å². The van der Waals surface area contributed by atoms with Crippen LogP contribution in [-0.2, 0) is 9.59 Å². The maximum absolute atomic E-state index is 12.6. The molecule has 2 atom stereocenters. The summed E-state index contributed by atoms with van der Waals surface area (Å²) in [5, 5.41) is 9.60. The Morgan fingerprint density at radius 1 is 1.30 bits per heavy atom. The molecule has 20 heavy (non-hydrogen) atoms. The quantitative estimate of drug-likeness (QED) is 0.928. The number of carboxylic acids is 1. The summed E-state index contributed by atoms with van der Waals surface area (Å²) in [6.07, 6.45) is 2.89. The fourth-order valence-corrected chi connectivity index (χ4v) is 2.89. The van der Waals surface area contributed by atoms with E-state index in [0.717, 1.165) is 19.3 Å². The Balaban J connectivity index is 2.24. The highest BCUT2D eigenvalue weighted by molar-refractivity contribution is 6.30. The molecule has 0 saturated heterocycles. The third-order valence-corrected chi connectivity index (χ3v) is 4.13. The first-order chi connectivity index (χ1) is 9.49. The maximum Gasteiger partial charge on any atom is 0.323 e. The summed E-state index contributed by atoms with van der Waals surface area (Å²) in [4.78, 5) is 25.0. The van der Waals surface area contributed by atoms with Gasteiger partial charge in [-0.15, -0.1) is 0 Å². The van der Waals surface area contributed by atoms with Crippen LogP contribution in [0, 0.1) is 11.8 Å². The molecule has 4 nitrogen and oxygen atoms in total. The third kappa shape index (κ3) is 3.31.